The number of carbonyl (C=O) groups is 1. The minimum atomic E-state index is -0.157. The third-order valence-corrected chi connectivity index (χ3v) is 4.92. The van der Waals surface area contributed by atoms with Crippen LogP contribution in [0.2, 0.25) is 0 Å². The Morgan fingerprint density at radius 2 is 1.84 bits per heavy atom. The number of ether oxygens (including phenoxy) is 1. The van der Waals surface area contributed by atoms with Gasteiger partial charge in [0.1, 0.15) is 12.4 Å². The third-order valence-electron chi connectivity index (χ3n) is 4.92. The van der Waals surface area contributed by atoms with E-state index in [0.29, 0.717) is 6.61 Å². The average Bonchev–Trinajstić information content (AvgIpc) is 2.81. The molecule has 0 aliphatic carbocycles. The monoisotopic (exact) mass is 415 g/mol. The standard InChI is InChI=1S/C26H29N3O2/c1-3-29(4-2)19-22-8-7-10-23(18-22)28-26(30)16-13-21-11-14-25(15-12-21)31-20-24-9-5-6-17-27-24/h5-18H,3-4,19-20H2,1-2H3,(H,28,30)/b16-13+. The molecule has 160 valence electrons. The number of nitrogens with zero attached hydrogens (tertiary/aromatic N) is 2. The summed E-state index contributed by atoms with van der Waals surface area (Å²) in [5, 5.41) is 2.94. The summed E-state index contributed by atoms with van der Waals surface area (Å²) in [7, 11) is 0. The van der Waals surface area contributed by atoms with E-state index >= 15 is 0 Å². The number of aromatic nitrogens is 1. The third kappa shape index (κ3) is 7.39. The fraction of sp³-hybridized carbons (Fsp3) is 0.231. The Morgan fingerprint density at radius 1 is 1.03 bits per heavy atom. The van der Waals surface area contributed by atoms with Crippen LogP contribution < -0.4 is 10.1 Å². The molecule has 0 aliphatic rings. The predicted octanol–water partition coefficient (Wildman–Crippen LogP) is 5.15. The van der Waals surface area contributed by atoms with E-state index in [9.17, 15) is 4.79 Å². The van der Waals surface area contributed by atoms with Gasteiger partial charge in [-0.1, -0.05) is 44.2 Å². The molecule has 5 nitrogen and oxygen atoms in total. The van der Waals surface area contributed by atoms with Crippen molar-refractivity contribution in [1.29, 1.82) is 0 Å². The van der Waals surface area contributed by atoms with Crippen LogP contribution >= 0.6 is 0 Å². The molecule has 0 bridgehead atoms. The summed E-state index contributed by atoms with van der Waals surface area (Å²) in [4.78, 5) is 18.9. The molecule has 0 saturated carbocycles. The van der Waals surface area contributed by atoms with Gasteiger partial charge in [-0.25, -0.2) is 0 Å². The van der Waals surface area contributed by atoms with E-state index in [1.165, 1.54) is 5.56 Å². The molecule has 1 N–H and O–H groups in total. The second-order valence-corrected chi connectivity index (χ2v) is 7.16. The van der Waals surface area contributed by atoms with Crippen LogP contribution in [0.1, 0.15) is 30.7 Å². The maximum atomic E-state index is 12.3. The van der Waals surface area contributed by atoms with E-state index in [1.54, 1.807) is 18.3 Å². The Bertz CT molecular complexity index is 981. The summed E-state index contributed by atoms with van der Waals surface area (Å²) in [5.41, 5.74) is 3.80. The van der Waals surface area contributed by atoms with Crippen LogP contribution in [0, 0.1) is 0 Å². The number of hydrogen-bond acceptors (Lipinski definition) is 4. The van der Waals surface area contributed by atoms with Gasteiger partial charge >= 0.3 is 0 Å². The Morgan fingerprint density at radius 3 is 2.55 bits per heavy atom. The van der Waals surface area contributed by atoms with Gasteiger partial charge in [0.15, 0.2) is 0 Å². The Labute approximate surface area is 184 Å². The molecular formula is C26H29N3O2. The minimum Gasteiger partial charge on any atom is -0.487 e. The highest BCUT2D eigenvalue weighted by Gasteiger charge is 2.04. The second kappa shape index (κ2) is 11.7. The summed E-state index contributed by atoms with van der Waals surface area (Å²) >= 11 is 0. The number of anilines is 1. The molecule has 5 heteroatoms. The average molecular weight is 416 g/mol. The number of hydrogen-bond donors (Lipinski definition) is 1. The first-order valence-corrected chi connectivity index (χ1v) is 10.6. The fourth-order valence-electron chi connectivity index (χ4n) is 3.12. The van der Waals surface area contributed by atoms with Crippen LogP contribution in [-0.4, -0.2) is 28.9 Å². The molecule has 31 heavy (non-hydrogen) atoms. The Balaban J connectivity index is 1.51. The van der Waals surface area contributed by atoms with Crippen molar-refractivity contribution in [3.05, 3.63) is 95.8 Å². The second-order valence-electron chi connectivity index (χ2n) is 7.16. The molecule has 3 rings (SSSR count). The van der Waals surface area contributed by atoms with Gasteiger partial charge in [-0.3, -0.25) is 14.7 Å². The molecule has 0 spiro atoms. The SMILES string of the molecule is CCN(CC)Cc1cccc(NC(=O)/C=C/c2ccc(OCc3ccccn3)cc2)c1. The van der Waals surface area contributed by atoms with E-state index < -0.39 is 0 Å². The van der Waals surface area contributed by atoms with Crippen LogP contribution in [0.5, 0.6) is 5.75 Å². The number of nitrogens with one attached hydrogen (secondary N) is 1. The zero-order chi connectivity index (χ0) is 21.9. The van der Waals surface area contributed by atoms with E-state index in [1.807, 2.05) is 60.7 Å². The molecule has 0 unspecified atom stereocenters. The van der Waals surface area contributed by atoms with Crippen molar-refractivity contribution in [1.82, 2.24) is 9.88 Å². The Hall–Kier alpha value is -3.44. The van der Waals surface area contributed by atoms with Gasteiger partial charge < -0.3 is 10.1 Å². The lowest BCUT2D eigenvalue weighted by Crippen LogP contribution is -2.22. The molecule has 2 aromatic carbocycles. The van der Waals surface area contributed by atoms with Crippen molar-refractivity contribution in [3.8, 4) is 5.75 Å². The van der Waals surface area contributed by atoms with Gasteiger partial charge in [0.2, 0.25) is 5.91 Å². The van der Waals surface area contributed by atoms with Crippen molar-refractivity contribution in [3.63, 3.8) is 0 Å². The first-order valence-electron chi connectivity index (χ1n) is 10.6. The molecule has 0 fully saturated rings. The molecule has 1 aromatic heterocycles. The maximum Gasteiger partial charge on any atom is 0.248 e. The van der Waals surface area contributed by atoms with Crippen molar-refractivity contribution in [2.45, 2.75) is 27.0 Å². The Kier molecular flexibility index (Phi) is 8.38. The number of amides is 1. The van der Waals surface area contributed by atoms with Crippen LogP contribution in [0.25, 0.3) is 6.08 Å². The molecule has 0 saturated heterocycles. The lowest BCUT2D eigenvalue weighted by molar-refractivity contribution is -0.111. The smallest absolute Gasteiger partial charge is 0.248 e. The number of benzene rings is 2. The van der Waals surface area contributed by atoms with Crippen molar-refractivity contribution in [2.75, 3.05) is 18.4 Å². The highest BCUT2D eigenvalue weighted by atomic mass is 16.5. The van der Waals surface area contributed by atoms with Gasteiger partial charge in [-0.15, -0.1) is 0 Å². The number of carbonyl (C=O) groups excluding carboxylic acids is 1. The van der Waals surface area contributed by atoms with Crippen LogP contribution in [0.15, 0.2) is 79.0 Å². The van der Waals surface area contributed by atoms with E-state index in [4.69, 9.17) is 4.74 Å². The first kappa shape index (κ1) is 22.2. The zero-order valence-corrected chi connectivity index (χ0v) is 18.1. The van der Waals surface area contributed by atoms with Crippen LogP contribution in [0.4, 0.5) is 5.69 Å². The maximum absolute atomic E-state index is 12.3. The van der Waals surface area contributed by atoms with E-state index in [0.717, 1.165) is 42.3 Å². The summed E-state index contributed by atoms with van der Waals surface area (Å²) < 4.78 is 5.74. The van der Waals surface area contributed by atoms with Crippen LogP contribution in [0.3, 0.4) is 0 Å². The van der Waals surface area contributed by atoms with Crippen molar-refractivity contribution < 1.29 is 9.53 Å². The summed E-state index contributed by atoms with van der Waals surface area (Å²) in [6.07, 6.45) is 5.08. The molecule has 1 amide bonds. The molecule has 1 heterocycles. The summed E-state index contributed by atoms with van der Waals surface area (Å²) in [6.45, 7) is 7.61. The number of rotatable bonds is 10. The van der Waals surface area contributed by atoms with Gasteiger partial charge in [0.25, 0.3) is 0 Å². The topological polar surface area (TPSA) is 54.5 Å². The fourth-order valence-corrected chi connectivity index (χ4v) is 3.12. The largest absolute Gasteiger partial charge is 0.487 e. The lowest BCUT2D eigenvalue weighted by Gasteiger charge is -2.18. The molecule has 0 radical (unpaired) electrons. The van der Waals surface area contributed by atoms with Gasteiger partial charge in [0.05, 0.1) is 5.69 Å². The highest BCUT2D eigenvalue weighted by molar-refractivity contribution is 6.01. The zero-order valence-electron chi connectivity index (χ0n) is 18.1. The predicted molar refractivity (Wildman–Crippen MR) is 126 cm³/mol. The van der Waals surface area contributed by atoms with E-state index in [2.05, 4.69) is 35.1 Å². The summed E-state index contributed by atoms with van der Waals surface area (Å²) in [6, 6.07) is 21.3. The quantitative estimate of drug-likeness (QED) is 0.465. The van der Waals surface area contributed by atoms with Crippen molar-refractivity contribution >= 4 is 17.7 Å². The van der Waals surface area contributed by atoms with Crippen molar-refractivity contribution in [2.24, 2.45) is 0 Å². The molecule has 0 aliphatic heterocycles. The molecule has 0 atom stereocenters. The van der Waals surface area contributed by atoms with Gasteiger partial charge in [-0.05, 0) is 66.7 Å². The van der Waals surface area contributed by atoms with Gasteiger partial charge in [-0.2, -0.15) is 0 Å². The highest BCUT2D eigenvalue weighted by Crippen LogP contribution is 2.16. The minimum absolute atomic E-state index is 0.157. The van der Waals surface area contributed by atoms with Crippen LogP contribution in [-0.2, 0) is 17.9 Å². The normalized spacial score (nSPS) is 11.1. The van der Waals surface area contributed by atoms with E-state index in [-0.39, 0.29) is 5.91 Å². The lowest BCUT2D eigenvalue weighted by atomic mass is 10.1. The molecule has 3 aromatic rings. The summed E-state index contributed by atoms with van der Waals surface area (Å²) in [5.74, 6) is 0.604. The molecular weight excluding hydrogens is 386 g/mol. The number of pyridine rings is 1. The van der Waals surface area contributed by atoms with Gasteiger partial charge in [0, 0.05) is 24.5 Å². The first-order chi connectivity index (χ1) is 15.2.